The lowest BCUT2D eigenvalue weighted by Crippen LogP contribution is -2.11. The zero-order valence-corrected chi connectivity index (χ0v) is 10.8. The molecule has 1 aromatic carbocycles. The van der Waals surface area contributed by atoms with Gasteiger partial charge in [0.1, 0.15) is 0 Å². The molecule has 0 radical (unpaired) electrons. The summed E-state index contributed by atoms with van der Waals surface area (Å²) < 4.78 is 0. The first-order valence-corrected chi connectivity index (χ1v) is 6.04. The highest BCUT2D eigenvalue weighted by Crippen LogP contribution is 2.27. The van der Waals surface area contributed by atoms with E-state index in [9.17, 15) is 0 Å². The number of halogens is 1. The lowest BCUT2D eigenvalue weighted by atomic mass is 10.0. The summed E-state index contributed by atoms with van der Waals surface area (Å²) in [6.45, 7) is 2.96. The van der Waals surface area contributed by atoms with E-state index in [4.69, 9.17) is 11.6 Å². The Labute approximate surface area is 106 Å². The lowest BCUT2D eigenvalue weighted by molar-refractivity contribution is 0.773. The third-order valence-corrected chi connectivity index (χ3v) is 3.02. The highest BCUT2D eigenvalue weighted by Gasteiger charge is 2.11. The Hall–Kier alpha value is -1.32. The maximum atomic E-state index is 5.90. The highest BCUT2D eigenvalue weighted by molar-refractivity contribution is 6.30. The van der Waals surface area contributed by atoms with E-state index < -0.39 is 0 Å². The SMILES string of the molecule is CNCCc1n[nH]c(C)c1-c1ccc(Cl)cc1. The van der Waals surface area contributed by atoms with Gasteiger partial charge in [0.15, 0.2) is 0 Å². The van der Waals surface area contributed by atoms with Crippen LogP contribution in [0.5, 0.6) is 0 Å². The van der Waals surface area contributed by atoms with Crippen LogP contribution >= 0.6 is 11.6 Å². The van der Waals surface area contributed by atoms with E-state index >= 15 is 0 Å². The molecule has 0 spiro atoms. The smallest absolute Gasteiger partial charge is 0.0715 e. The van der Waals surface area contributed by atoms with Gasteiger partial charge >= 0.3 is 0 Å². The van der Waals surface area contributed by atoms with Crippen LogP contribution in [0.15, 0.2) is 24.3 Å². The monoisotopic (exact) mass is 249 g/mol. The van der Waals surface area contributed by atoms with Crippen molar-refractivity contribution in [3.8, 4) is 11.1 Å². The normalized spacial score (nSPS) is 10.8. The van der Waals surface area contributed by atoms with Gasteiger partial charge in [0.2, 0.25) is 0 Å². The average Bonchev–Trinajstić information content (AvgIpc) is 2.69. The third kappa shape index (κ3) is 2.68. The second kappa shape index (κ2) is 5.34. The van der Waals surface area contributed by atoms with Crippen LogP contribution in [0.3, 0.4) is 0 Å². The second-order valence-corrected chi connectivity index (χ2v) is 4.47. The first kappa shape index (κ1) is 12.1. The van der Waals surface area contributed by atoms with Crippen molar-refractivity contribution in [1.82, 2.24) is 15.5 Å². The van der Waals surface area contributed by atoms with Crippen LogP contribution < -0.4 is 5.32 Å². The number of nitrogens with one attached hydrogen (secondary N) is 2. The number of H-pyrrole nitrogens is 1. The van der Waals surface area contributed by atoms with Crippen LogP contribution in [-0.4, -0.2) is 23.8 Å². The van der Waals surface area contributed by atoms with Gasteiger partial charge in [0, 0.05) is 29.2 Å². The minimum Gasteiger partial charge on any atom is -0.319 e. The van der Waals surface area contributed by atoms with E-state index in [0.29, 0.717) is 0 Å². The molecule has 0 aliphatic heterocycles. The molecule has 0 saturated heterocycles. The molecule has 1 heterocycles. The Balaban J connectivity index is 2.36. The third-order valence-electron chi connectivity index (χ3n) is 2.77. The van der Waals surface area contributed by atoms with Crippen molar-refractivity contribution < 1.29 is 0 Å². The maximum Gasteiger partial charge on any atom is 0.0715 e. The number of benzene rings is 1. The topological polar surface area (TPSA) is 40.7 Å². The molecule has 17 heavy (non-hydrogen) atoms. The number of rotatable bonds is 4. The summed E-state index contributed by atoms with van der Waals surface area (Å²) in [5, 5.41) is 11.3. The van der Waals surface area contributed by atoms with Gasteiger partial charge in [-0.3, -0.25) is 5.10 Å². The number of likely N-dealkylation sites (N-methyl/N-ethyl adjacent to an activating group) is 1. The number of aryl methyl sites for hydroxylation is 1. The summed E-state index contributed by atoms with van der Waals surface area (Å²) in [5.41, 5.74) is 4.54. The largest absolute Gasteiger partial charge is 0.319 e. The molecular weight excluding hydrogens is 234 g/mol. The summed E-state index contributed by atoms with van der Waals surface area (Å²) in [6, 6.07) is 7.88. The predicted octanol–water partition coefficient (Wildman–Crippen LogP) is 2.80. The number of hydrogen-bond acceptors (Lipinski definition) is 2. The van der Waals surface area contributed by atoms with Crippen LogP contribution in [-0.2, 0) is 6.42 Å². The van der Waals surface area contributed by atoms with Gasteiger partial charge in [-0.1, -0.05) is 23.7 Å². The fraction of sp³-hybridized carbons (Fsp3) is 0.308. The zero-order chi connectivity index (χ0) is 12.3. The Morgan fingerprint density at radius 2 is 2.00 bits per heavy atom. The summed E-state index contributed by atoms with van der Waals surface area (Å²) in [7, 11) is 1.95. The van der Waals surface area contributed by atoms with E-state index in [1.54, 1.807) is 0 Å². The van der Waals surface area contributed by atoms with E-state index in [1.807, 2.05) is 38.2 Å². The van der Waals surface area contributed by atoms with Crippen LogP contribution in [0.25, 0.3) is 11.1 Å². The van der Waals surface area contributed by atoms with Crippen molar-refractivity contribution in [1.29, 1.82) is 0 Å². The van der Waals surface area contributed by atoms with Gasteiger partial charge in [-0.2, -0.15) is 5.10 Å². The molecule has 4 heteroatoms. The van der Waals surface area contributed by atoms with Crippen molar-refractivity contribution in [3.63, 3.8) is 0 Å². The van der Waals surface area contributed by atoms with E-state index in [0.717, 1.165) is 34.9 Å². The number of aromatic nitrogens is 2. The molecule has 90 valence electrons. The van der Waals surface area contributed by atoms with Gasteiger partial charge < -0.3 is 5.32 Å². The Kier molecular flexibility index (Phi) is 3.82. The molecule has 0 fully saturated rings. The van der Waals surface area contributed by atoms with E-state index in [1.165, 1.54) is 5.56 Å². The van der Waals surface area contributed by atoms with Gasteiger partial charge in [-0.05, 0) is 31.7 Å². The summed E-state index contributed by atoms with van der Waals surface area (Å²) in [6.07, 6.45) is 0.915. The van der Waals surface area contributed by atoms with Crippen LogP contribution in [0, 0.1) is 6.92 Å². The maximum absolute atomic E-state index is 5.90. The zero-order valence-electron chi connectivity index (χ0n) is 10.0. The second-order valence-electron chi connectivity index (χ2n) is 4.03. The van der Waals surface area contributed by atoms with Gasteiger partial charge in [-0.25, -0.2) is 0 Å². The molecule has 0 bridgehead atoms. The molecule has 3 nitrogen and oxygen atoms in total. The standard InChI is InChI=1S/C13H16ClN3/c1-9-13(10-3-5-11(14)6-4-10)12(17-16-9)7-8-15-2/h3-6,15H,7-8H2,1-2H3,(H,16,17). The Morgan fingerprint density at radius 3 is 2.65 bits per heavy atom. The minimum atomic E-state index is 0.756. The molecular formula is C13H16ClN3. The van der Waals surface area contributed by atoms with Crippen LogP contribution in [0.2, 0.25) is 5.02 Å². The number of hydrogen-bond donors (Lipinski definition) is 2. The van der Waals surface area contributed by atoms with Crippen molar-refractivity contribution in [2.45, 2.75) is 13.3 Å². The molecule has 0 aliphatic carbocycles. The predicted molar refractivity (Wildman–Crippen MR) is 71.4 cm³/mol. The molecule has 0 saturated carbocycles. The fourth-order valence-corrected chi connectivity index (χ4v) is 2.03. The van der Waals surface area contributed by atoms with Crippen molar-refractivity contribution in [2.24, 2.45) is 0 Å². The minimum absolute atomic E-state index is 0.756. The van der Waals surface area contributed by atoms with Crippen molar-refractivity contribution in [2.75, 3.05) is 13.6 Å². The average molecular weight is 250 g/mol. The molecule has 0 atom stereocenters. The fourth-order valence-electron chi connectivity index (χ4n) is 1.90. The van der Waals surface area contributed by atoms with Crippen molar-refractivity contribution in [3.05, 3.63) is 40.7 Å². The van der Waals surface area contributed by atoms with Gasteiger partial charge in [0.05, 0.1) is 5.69 Å². The highest BCUT2D eigenvalue weighted by atomic mass is 35.5. The van der Waals surface area contributed by atoms with Crippen LogP contribution in [0.1, 0.15) is 11.4 Å². The summed E-state index contributed by atoms with van der Waals surface area (Å²) in [4.78, 5) is 0. The first-order chi connectivity index (χ1) is 8.22. The first-order valence-electron chi connectivity index (χ1n) is 5.66. The molecule has 0 unspecified atom stereocenters. The number of aromatic amines is 1. The molecule has 0 aliphatic rings. The van der Waals surface area contributed by atoms with Gasteiger partial charge in [0.25, 0.3) is 0 Å². The summed E-state index contributed by atoms with van der Waals surface area (Å²) >= 11 is 5.90. The summed E-state index contributed by atoms with van der Waals surface area (Å²) in [5.74, 6) is 0. The molecule has 2 aromatic rings. The Bertz CT molecular complexity index is 488. The Morgan fingerprint density at radius 1 is 1.29 bits per heavy atom. The van der Waals surface area contributed by atoms with E-state index in [-0.39, 0.29) is 0 Å². The van der Waals surface area contributed by atoms with Crippen LogP contribution in [0.4, 0.5) is 0 Å². The van der Waals surface area contributed by atoms with Gasteiger partial charge in [-0.15, -0.1) is 0 Å². The lowest BCUT2D eigenvalue weighted by Gasteiger charge is -2.04. The molecule has 1 aromatic heterocycles. The quantitative estimate of drug-likeness (QED) is 0.875. The molecule has 2 N–H and O–H groups in total. The molecule has 0 amide bonds. The molecule has 2 rings (SSSR count). The van der Waals surface area contributed by atoms with E-state index in [2.05, 4.69) is 15.5 Å². The van der Waals surface area contributed by atoms with Crippen molar-refractivity contribution >= 4 is 11.6 Å². The number of nitrogens with zero attached hydrogens (tertiary/aromatic N) is 1.